The Hall–Kier alpha value is -6.23. The van der Waals surface area contributed by atoms with Crippen molar-refractivity contribution in [2.24, 2.45) is 11.7 Å². The summed E-state index contributed by atoms with van der Waals surface area (Å²) in [5, 5.41) is 33.2. The zero-order valence-corrected chi connectivity index (χ0v) is 43.1. The Labute approximate surface area is 411 Å². The van der Waals surface area contributed by atoms with Crippen LogP contribution in [0.15, 0.2) is 30.3 Å². The molecule has 0 heterocycles. The fourth-order valence-electron chi connectivity index (χ4n) is 6.25. The minimum atomic E-state index is -1.50. The van der Waals surface area contributed by atoms with Gasteiger partial charge in [0.2, 0.25) is 35.4 Å². The van der Waals surface area contributed by atoms with Crippen molar-refractivity contribution in [1.82, 2.24) is 47.9 Å². The first-order chi connectivity index (χ1) is 32.3. The molecule has 23 heteroatoms. The van der Waals surface area contributed by atoms with Crippen molar-refractivity contribution in [3.8, 4) is 0 Å². The van der Waals surface area contributed by atoms with Gasteiger partial charge in [0.1, 0.15) is 47.0 Å². The van der Waals surface area contributed by atoms with E-state index in [9.17, 15) is 48.3 Å². The number of ether oxygens (including phenoxy) is 3. The molecule has 1 rings (SSSR count). The fraction of sp³-hybridized carbons (Fsp3) is 0.681. The molecule has 23 nitrogen and oxygen atoms in total. The van der Waals surface area contributed by atoms with Crippen LogP contribution in [0, 0.1) is 5.92 Å². The molecule has 0 bridgehead atoms. The van der Waals surface area contributed by atoms with E-state index in [1.54, 1.807) is 106 Å². The van der Waals surface area contributed by atoms with Crippen LogP contribution in [0.4, 0.5) is 14.4 Å². The van der Waals surface area contributed by atoms with E-state index >= 15 is 0 Å². The van der Waals surface area contributed by atoms with Crippen molar-refractivity contribution in [2.45, 2.75) is 174 Å². The van der Waals surface area contributed by atoms with E-state index in [2.05, 4.69) is 47.9 Å². The number of hydrogen-bond acceptors (Lipinski definition) is 14. The van der Waals surface area contributed by atoms with Crippen LogP contribution in [0.3, 0.4) is 0 Å². The van der Waals surface area contributed by atoms with Gasteiger partial charge >= 0.3 is 18.3 Å². The quantitative estimate of drug-likeness (QED) is 0.0607. The van der Waals surface area contributed by atoms with Crippen LogP contribution in [0.1, 0.15) is 114 Å². The van der Waals surface area contributed by atoms with Crippen molar-refractivity contribution in [3.63, 3.8) is 0 Å². The van der Waals surface area contributed by atoms with Crippen molar-refractivity contribution >= 4 is 53.7 Å². The second-order valence-corrected chi connectivity index (χ2v) is 20.2. The molecule has 0 saturated carbocycles. The molecule has 70 heavy (non-hydrogen) atoms. The van der Waals surface area contributed by atoms with Crippen LogP contribution in [-0.4, -0.2) is 145 Å². The number of likely N-dealkylation sites (N-methyl/N-ethyl adjacent to an activating group) is 1. The number of aliphatic hydroxyl groups excluding tert-OH is 1. The Balaban J connectivity index is 3.55. The molecule has 12 N–H and O–H groups in total. The van der Waals surface area contributed by atoms with Crippen LogP contribution >= 0.6 is 0 Å². The highest BCUT2D eigenvalue weighted by atomic mass is 16.6. The predicted molar refractivity (Wildman–Crippen MR) is 260 cm³/mol. The summed E-state index contributed by atoms with van der Waals surface area (Å²) in [6.45, 7) is 19.4. The number of rotatable bonds is 25. The summed E-state index contributed by atoms with van der Waals surface area (Å²) < 4.78 is 15.8. The Morgan fingerprint density at radius 1 is 0.529 bits per heavy atom. The Kier molecular flexibility index (Phi) is 25.7. The van der Waals surface area contributed by atoms with E-state index in [1.165, 1.54) is 14.0 Å². The maximum Gasteiger partial charge on any atom is 0.407 e. The van der Waals surface area contributed by atoms with Gasteiger partial charge in [-0.2, -0.15) is 0 Å². The third-order valence-corrected chi connectivity index (χ3v) is 9.49. The summed E-state index contributed by atoms with van der Waals surface area (Å²) in [4.78, 5) is 120. The van der Waals surface area contributed by atoms with Gasteiger partial charge in [-0.15, -0.1) is 0 Å². The van der Waals surface area contributed by atoms with Crippen LogP contribution in [0.5, 0.6) is 0 Å². The summed E-state index contributed by atoms with van der Waals surface area (Å²) in [7, 11) is 1.30. The first kappa shape index (κ1) is 61.8. The molecule has 0 aliphatic rings. The molecule has 1 aromatic rings. The molecular weight excluding hydrogens is 913 g/mol. The van der Waals surface area contributed by atoms with Crippen LogP contribution in [-0.2, 0) is 49.4 Å². The number of carbonyl (C=O) groups excluding carboxylic acids is 9. The highest BCUT2D eigenvalue weighted by molar-refractivity contribution is 5.97. The largest absolute Gasteiger partial charge is 0.444 e. The summed E-state index contributed by atoms with van der Waals surface area (Å²) >= 11 is 0. The Bertz CT molecular complexity index is 1900. The predicted octanol–water partition coefficient (Wildman–Crippen LogP) is 0.898. The van der Waals surface area contributed by atoms with Gasteiger partial charge in [-0.05, 0) is 106 Å². The van der Waals surface area contributed by atoms with Gasteiger partial charge in [-0.1, -0.05) is 44.2 Å². The topological polar surface area (TPSA) is 336 Å². The molecule has 0 aliphatic carbocycles. The van der Waals surface area contributed by atoms with E-state index < -0.39 is 113 Å². The Morgan fingerprint density at radius 2 is 0.900 bits per heavy atom. The van der Waals surface area contributed by atoms with E-state index in [1.807, 2.05) is 0 Å². The van der Waals surface area contributed by atoms with Crippen molar-refractivity contribution in [2.75, 3.05) is 26.7 Å². The second kappa shape index (κ2) is 29.1. The molecule has 396 valence electrons. The van der Waals surface area contributed by atoms with E-state index in [-0.39, 0.29) is 57.7 Å². The standard InChI is InChI=1S/C47H80N10O13/c1-27(2)25-33(56-40(63)34(26-29-17-15-14-16-18-29)55-36(59)30(48)19-22-50-42(65)68-45(4,5)6)39(62)54-31(20-23-51-43(66)69-46(7,8)9)37(60)53-32(21-24-52-44(67)70-47(10,11)12)38(61)57-35(28(3)58)41(64)49-13/h14-18,27-28,30-35,58H,19-26,48H2,1-13H3,(H,49,64)(H,50,65)(H,51,66)(H,52,67)(H,53,60)(H,54,62)(H,55,59)(H,56,63)(H,57,61)/t28-,30+,31+,32+,33+,34-,35+/m1/s1. The minimum absolute atomic E-state index is 0.00660. The molecule has 0 fully saturated rings. The molecular formula is C47H80N10O13. The smallest absolute Gasteiger partial charge is 0.407 e. The number of nitrogens with one attached hydrogen (secondary N) is 9. The van der Waals surface area contributed by atoms with Gasteiger partial charge in [0, 0.05) is 33.1 Å². The molecule has 0 spiro atoms. The lowest BCUT2D eigenvalue weighted by molar-refractivity contribution is -0.136. The molecule has 0 aliphatic heterocycles. The maximum atomic E-state index is 14.3. The summed E-state index contributed by atoms with van der Waals surface area (Å²) in [6.07, 6.45) is -4.22. The summed E-state index contributed by atoms with van der Waals surface area (Å²) in [5.41, 5.74) is 4.37. The van der Waals surface area contributed by atoms with Crippen LogP contribution in [0.25, 0.3) is 0 Å². The molecule has 0 radical (unpaired) electrons. The molecule has 0 unspecified atom stereocenters. The van der Waals surface area contributed by atoms with Crippen LogP contribution < -0.4 is 53.6 Å². The van der Waals surface area contributed by atoms with E-state index in [0.29, 0.717) is 5.56 Å². The van der Waals surface area contributed by atoms with Gasteiger partial charge < -0.3 is 72.9 Å². The van der Waals surface area contributed by atoms with Crippen LogP contribution in [0.2, 0.25) is 0 Å². The number of hydrogen-bond donors (Lipinski definition) is 11. The third kappa shape index (κ3) is 26.5. The van der Waals surface area contributed by atoms with Crippen molar-refractivity contribution < 1.29 is 62.5 Å². The highest BCUT2D eigenvalue weighted by Gasteiger charge is 2.34. The first-order valence-corrected chi connectivity index (χ1v) is 23.4. The van der Waals surface area contributed by atoms with Gasteiger partial charge in [0.05, 0.1) is 12.1 Å². The number of nitrogens with two attached hydrogens (primary N) is 1. The zero-order chi connectivity index (χ0) is 53.6. The third-order valence-electron chi connectivity index (χ3n) is 9.49. The number of alkyl carbamates (subject to hydrolysis) is 3. The van der Waals surface area contributed by atoms with Gasteiger partial charge in [-0.25, -0.2) is 14.4 Å². The van der Waals surface area contributed by atoms with Gasteiger partial charge in [0.15, 0.2) is 0 Å². The number of carbonyl (C=O) groups is 9. The number of aliphatic hydroxyl groups is 1. The average molecular weight is 993 g/mol. The minimum Gasteiger partial charge on any atom is -0.444 e. The second-order valence-electron chi connectivity index (χ2n) is 20.2. The SMILES string of the molecule is CNC(=O)[C@@H](NC(=O)[C@H](CCNC(=O)OC(C)(C)C)NC(=O)[C@H](CCNC(=O)OC(C)(C)C)NC(=O)[C@H](CC(C)C)NC(=O)[C@@H](Cc1ccccc1)NC(=O)[C@@H](N)CCNC(=O)OC(C)(C)C)[C@@H](C)O. The van der Waals surface area contributed by atoms with Gasteiger partial charge in [0.25, 0.3) is 0 Å². The molecule has 0 aromatic heterocycles. The lowest BCUT2D eigenvalue weighted by Gasteiger charge is -2.28. The maximum absolute atomic E-state index is 14.3. The lowest BCUT2D eigenvalue weighted by atomic mass is 10.00. The van der Waals surface area contributed by atoms with Crippen molar-refractivity contribution in [1.29, 1.82) is 0 Å². The fourth-order valence-corrected chi connectivity index (χ4v) is 6.25. The monoisotopic (exact) mass is 993 g/mol. The zero-order valence-electron chi connectivity index (χ0n) is 43.1. The number of amides is 9. The lowest BCUT2D eigenvalue weighted by Crippen LogP contribution is -2.61. The molecule has 9 amide bonds. The Morgan fingerprint density at radius 3 is 1.30 bits per heavy atom. The molecule has 7 atom stereocenters. The average Bonchev–Trinajstić information content (AvgIpc) is 3.21. The van der Waals surface area contributed by atoms with Crippen molar-refractivity contribution in [3.05, 3.63) is 35.9 Å². The first-order valence-electron chi connectivity index (χ1n) is 23.4. The normalized spacial score (nSPS) is 14.6. The molecule has 1 aromatic carbocycles. The van der Waals surface area contributed by atoms with Gasteiger partial charge in [-0.3, -0.25) is 28.8 Å². The summed E-state index contributed by atoms with van der Waals surface area (Å²) in [6, 6.07) is 0.601. The number of benzene rings is 1. The highest BCUT2D eigenvalue weighted by Crippen LogP contribution is 2.12. The summed E-state index contributed by atoms with van der Waals surface area (Å²) in [5.74, 6) is -5.13. The van der Waals surface area contributed by atoms with E-state index in [4.69, 9.17) is 19.9 Å². The molecule has 0 saturated heterocycles. The van der Waals surface area contributed by atoms with E-state index in [0.717, 1.165) is 0 Å².